The summed E-state index contributed by atoms with van der Waals surface area (Å²) in [7, 11) is -3.69. The number of benzene rings is 2. The SMILES string of the molecule is O=C(Nc1ccccc1Cl)c1ccc(N2CCCCC2)c(S(=O)(=O)N2CCCCC2)c1. The number of rotatable bonds is 5. The Labute approximate surface area is 189 Å². The predicted molar refractivity (Wildman–Crippen MR) is 125 cm³/mol. The first-order valence-corrected chi connectivity index (χ1v) is 12.7. The van der Waals surface area contributed by atoms with Gasteiger partial charge in [0, 0.05) is 31.7 Å². The van der Waals surface area contributed by atoms with Crippen LogP contribution in [-0.4, -0.2) is 44.8 Å². The first-order valence-electron chi connectivity index (χ1n) is 10.9. The van der Waals surface area contributed by atoms with E-state index < -0.39 is 10.0 Å². The van der Waals surface area contributed by atoms with Gasteiger partial charge in [-0.15, -0.1) is 0 Å². The van der Waals surface area contributed by atoms with Gasteiger partial charge in [-0.2, -0.15) is 4.31 Å². The summed E-state index contributed by atoms with van der Waals surface area (Å²) in [6.45, 7) is 2.71. The van der Waals surface area contributed by atoms with Crippen molar-refractivity contribution in [2.45, 2.75) is 43.4 Å². The molecule has 0 bridgehead atoms. The molecule has 8 heteroatoms. The maximum atomic E-state index is 13.6. The topological polar surface area (TPSA) is 69.7 Å². The molecule has 2 aromatic carbocycles. The molecule has 1 amide bonds. The number of carbonyl (C=O) groups is 1. The van der Waals surface area contributed by atoms with Gasteiger partial charge in [-0.3, -0.25) is 4.79 Å². The number of hydrogen-bond acceptors (Lipinski definition) is 4. The Balaban J connectivity index is 1.70. The van der Waals surface area contributed by atoms with Crippen molar-refractivity contribution in [2.24, 2.45) is 0 Å². The van der Waals surface area contributed by atoms with Gasteiger partial charge in [0.25, 0.3) is 5.91 Å². The fraction of sp³-hybridized carbons (Fsp3) is 0.435. The van der Waals surface area contributed by atoms with Gasteiger partial charge >= 0.3 is 0 Å². The van der Waals surface area contributed by atoms with Gasteiger partial charge in [-0.25, -0.2) is 8.42 Å². The van der Waals surface area contributed by atoms with Crippen LogP contribution in [0, 0.1) is 0 Å². The molecular weight excluding hydrogens is 434 g/mol. The molecule has 2 aromatic rings. The van der Waals surface area contributed by atoms with Crippen molar-refractivity contribution < 1.29 is 13.2 Å². The summed E-state index contributed by atoms with van der Waals surface area (Å²) in [5, 5.41) is 3.22. The number of hydrogen-bond donors (Lipinski definition) is 1. The van der Waals surface area contributed by atoms with E-state index in [0.29, 0.717) is 35.1 Å². The molecule has 1 N–H and O–H groups in total. The van der Waals surface area contributed by atoms with Crippen LogP contribution in [-0.2, 0) is 10.0 Å². The Bertz CT molecular complexity index is 1050. The molecule has 0 aromatic heterocycles. The molecule has 2 aliphatic heterocycles. The number of sulfonamides is 1. The lowest BCUT2D eigenvalue weighted by Gasteiger charge is -2.33. The van der Waals surface area contributed by atoms with E-state index in [-0.39, 0.29) is 10.8 Å². The highest BCUT2D eigenvalue weighted by molar-refractivity contribution is 7.89. The summed E-state index contributed by atoms with van der Waals surface area (Å²) in [6, 6.07) is 12.0. The summed E-state index contributed by atoms with van der Waals surface area (Å²) >= 11 is 6.16. The summed E-state index contributed by atoms with van der Waals surface area (Å²) in [4.78, 5) is 15.3. The Kier molecular flexibility index (Phi) is 6.84. The third-order valence-corrected chi connectivity index (χ3v) is 8.23. The second-order valence-electron chi connectivity index (χ2n) is 8.13. The van der Waals surface area contributed by atoms with E-state index in [1.54, 1.807) is 40.7 Å². The Morgan fingerprint density at radius 3 is 2.19 bits per heavy atom. The van der Waals surface area contributed by atoms with Crippen LogP contribution >= 0.6 is 11.6 Å². The van der Waals surface area contributed by atoms with Crippen LogP contribution in [0.15, 0.2) is 47.4 Å². The number of piperidine rings is 2. The fourth-order valence-electron chi connectivity index (χ4n) is 4.26. The summed E-state index contributed by atoms with van der Waals surface area (Å²) in [5.41, 5.74) is 1.49. The minimum absolute atomic E-state index is 0.225. The quantitative estimate of drug-likeness (QED) is 0.697. The van der Waals surface area contributed by atoms with E-state index in [1.165, 1.54) is 6.07 Å². The van der Waals surface area contributed by atoms with Gasteiger partial charge in [-0.1, -0.05) is 30.2 Å². The smallest absolute Gasteiger partial charge is 0.255 e. The fourth-order valence-corrected chi connectivity index (χ4v) is 6.20. The highest BCUT2D eigenvalue weighted by Gasteiger charge is 2.31. The van der Waals surface area contributed by atoms with E-state index in [1.807, 2.05) is 0 Å². The monoisotopic (exact) mass is 461 g/mol. The molecule has 0 radical (unpaired) electrons. The molecule has 0 saturated carbocycles. The highest BCUT2D eigenvalue weighted by atomic mass is 35.5. The van der Waals surface area contributed by atoms with Crippen LogP contribution in [0.3, 0.4) is 0 Å². The van der Waals surface area contributed by atoms with Crippen molar-refractivity contribution in [3.8, 4) is 0 Å². The summed E-state index contributed by atoms with van der Waals surface area (Å²) in [6.07, 6.45) is 6.01. The normalized spacial score (nSPS) is 18.0. The van der Waals surface area contributed by atoms with Crippen LogP contribution in [0.25, 0.3) is 0 Å². The molecule has 31 heavy (non-hydrogen) atoms. The van der Waals surface area contributed by atoms with Crippen LogP contribution in [0.1, 0.15) is 48.9 Å². The van der Waals surface area contributed by atoms with E-state index in [9.17, 15) is 13.2 Å². The molecule has 2 fully saturated rings. The average molecular weight is 462 g/mol. The number of nitrogens with one attached hydrogen (secondary N) is 1. The van der Waals surface area contributed by atoms with Gasteiger partial charge in [0.05, 0.1) is 16.4 Å². The van der Waals surface area contributed by atoms with Gasteiger partial charge in [0.1, 0.15) is 4.90 Å². The van der Waals surface area contributed by atoms with Crippen LogP contribution in [0.2, 0.25) is 5.02 Å². The van der Waals surface area contributed by atoms with Crippen LogP contribution in [0.4, 0.5) is 11.4 Å². The molecular formula is C23H28ClN3O3S. The number of carbonyl (C=O) groups excluding carboxylic acids is 1. The Hall–Kier alpha value is -2.09. The second-order valence-corrected chi connectivity index (χ2v) is 10.4. The standard InChI is InChI=1S/C23H28ClN3O3S/c24-19-9-3-4-10-20(19)25-23(28)18-11-12-21(26-13-5-1-6-14-26)22(17-18)31(29,30)27-15-7-2-8-16-27/h3-4,9-12,17H,1-2,5-8,13-16H2,(H,25,28). The van der Waals surface area contributed by atoms with Crippen molar-refractivity contribution in [1.29, 1.82) is 0 Å². The highest BCUT2D eigenvalue weighted by Crippen LogP contribution is 2.33. The minimum Gasteiger partial charge on any atom is -0.370 e. The number of para-hydroxylation sites is 1. The zero-order valence-electron chi connectivity index (χ0n) is 17.5. The molecule has 2 heterocycles. The van der Waals surface area contributed by atoms with Crippen LogP contribution < -0.4 is 10.2 Å². The third-order valence-electron chi connectivity index (χ3n) is 5.97. The van der Waals surface area contributed by atoms with Gasteiger partial charge in [0.15, 0.2) is 0 Å². The molecule has 0 atom stereocenters. The van der Waals surface area contributed by atoms with Crippen molar-refractivity contribution in [3.05, 3.63) is 53.1 Å². The molecule has 166 valence electrons. The molecule has 2 aliphatic rings. The predicted octanol–water partition coefficient (Wildman–Crippen LogP) is 4.76. The first kappa shape index (κ1) is 22.1. The number of amides is 1. The lowest BCUT2D eigenvalue weighted by Crippen LogP contribution is -2.37. The summed E-state index contributed by atoms with van der Waals surface area (Å²) < 4.78 is 28.7. The second kappa shape index (κ2) is 9.59. The van der Waals surface area contributed by atoms with Crippen LogP contribution in [0.5, 0.6) is 0 Å². The van der Waals surface area contributed by atoms with Crippen molar-refractivity contribution in [2.75, 3.05) is 36.4 Å². The van der Waals surface area contributed by atoms with Crippen molar-refractivity contribution in [3.63, 3.8) is 0 Å². The van der Waals surface area contributed by atoms with Gasteiger partial charge < -0.3 is 10.2 Å². The number of nitrogens with zero attached hydrogens (tertiary/aromatic N) is 2. The summed E-state index contributed by atoms with van der Waals surface area (Å²) in [5.74, 6) is -0.381. The average Bonchev–Trinajstić information content (AvgIpc) is 2.81. The van der Waals surface area contributed by atoms with E-state index in [4.69, 9.17) is 11.6 Å². The molecule has 4 rings (SSSR count). The van der Waals surface area contributed by atoms with E-state index in [2.05, 4.69) is 10.2 Å². The molecule has 2 saturated heterocycles. The Morgan fingerprint density at radius 1 is 0.871 bits per heavy atom. The lowest BCUT2D eigenvalue weighted by molar-refractivity contribution is 0.102. The van der Waals surface area contributed by atoms with Gasteiger partial charge in [-0.05, 0) is 62.4 Å². The molecule has 0 unspecified atom stereocenters. The Morgan fingerprint density at radius 2 is 1.52 bits per heavy atom. The molecule has 6 nitrogen and oxygen atoms in total. The zero-order chi connectivity index (χ0) is 21.8. The first-order chi connectivity index (χ1) is 15.0. The van der Waals surface area contributed by atoms with E-state index in [0.717, 1.165) is 51.6 Å². The number of halogens is 1. The van der Waals surface area contributed by atoms with Crippen molar-refractivity contribution in [1.82, 2.24) is 4.31 Å². The third kappa shape index (κ3) is 4.89. The van der Waals surface area contributed by atoms with Gasteiger partial charge in [0.2, 0.25) is 10.0 Å². The molecule has 0 spiro atoms. The lowest BCUT2D eigenvalue weighted by atomic mass is 10.1. The minimum atomic E-state index is -3.69. The maximum Gasteiger partial charge on any atom is 0.255 e. The molecule has 0 aliphatic carbocycles. The zero-order valence-corrected chi connectivity index (χ0v) is 19.1. The van der Waals surface area contributed by atoms with Crippen molar-refractivity contribution >= 4 is 38.9 Å². The number of anilines is 2. The largest absolute Gasteiger partial charge is 0.370 e. The van der Waals surface area contributed by atoms with E-state index >= 15 is 0 Å². The maximum absolute atomic E-state index is 13.6.